The van der Waals surface area contributed by atoms with Gasteiger partial charge >= 0.3 is 5.97 Å². The van der Waals surface area contributed by atoms with Crippen LogP contribution < -0.4 is 5.32 Å². The van der Waals surface area contributed by atoms with Gasteiger partial charge in [-0.15, -0.1) is 0 Å². The van der Waals surface area contributed by atoms with Crippen molar-refractivity contribution in [3.8, 4) is 0 Å². The van der Waals surface area contributed by atoms with Gasteiger partial charge in [-0.1, -0.05) is 37.1 Å². The smallest absolute Gasteiger partial charge is 0.335 e. The molecule has 2 N–H and O–H groups in total. The predicted molar refractivity (Wildman–Crippen MR) is 99.2 cm³/mol. The van der Waals surface area contributed by atoms with Crippen molar-refractivity contribution in [3.05, 3.63) is 65.2 Å². The minimum Gasteiger partial charge on any atom is -0.478 e. The van der Waals surface area contributed by atoms with Crippen molar-refractivity contribution in [2.75, 3.05) is 5.32 Å². The molecule has 0 bridgehead atoms. The third kappa shape index (κ3) is 5.17. The van der Waals surface area contributed by atoms with E-state index in [1.54, 1.807) is 12.1 Å². The second-order valence-electron chi connectivity index (χ2n) is 6.64. The Morgan fingerprint density at radius 2 is 1.77 bits per heavy atom. The van der Waals surface area contributed by atoms with Crippen LogP contribution in [0.2, 0.25) is 0 Å². The van der Waals surface area contributed by atoms with E-state index in [9.17, 15) is 9.59 Å². The SMILES string of the molecule is O=C(Cc1cccc(C(=O)O)c1)Nc1ccc(COC2CCCC2)cc1. The summed E-state index contributed by atoms with van der Waals surface area (Å²) in [6, 6.07) is 14.0. The number of anilines is 1. The quantitative estimate of drug-likeness (QED) is 0.788. The van der Waals surface area contributed by atoms with Crippen LogP contribution in [0.25, 0.3) is 0 Å². The largest absolute Gasteiger partial charge is 0.478 e. The molecule has 26 heavy (non-hydrogen) atoms. The molecule has 0 aromatic heterocycles. The number of rotatable bonds is 7. The number of aromatic carboxylic acids is 1. The van der Waals surface area contributed by atoms with E-state index >= 15 is 0 Å². The summed E-state index contributed by atoms with van der Waals surface area (Å²) in [7, 11) is 0. The third-order valence-corrected chi connectivity index (χ3v) is 4.56. The Balaban J connectivity index is 1.50. The van der Waals surface area contributed by atoms with Crippen molar-refractivity contribution in [3.63, 3.8) is 0 Å². The molecule has 0 unspecified atom stereocenters. The van der Waals surface area contributed by atoms with E-state index in [-0.39, 0.29) is 17.9 Å². The van der Waals surface area contributed by atoms with Gasteiger partial charge in [0.1, 0.15) is 0 Å². The zero-order chi connectivity index (χ0) is 18.4. The number of benzene rings is 2. The van der Waals surface area contributed by atoms with E-state index in [0.717, 1.165) is 18.4 Å². The predicted octanol–water partition coefficient (Wildman–Crippen LogP) is 4.03. The second-order valence-corrected chi connectivity index (χ2v) is 6.64. The topological polar surface area (TPSA) is 75.6 Å². The highest BCUT2D eigenvalue weighted by Crippen LogP contribution is 2.22. The van der Waals surface area contributed by atoms with Gasteiger partial charge in [0.05, 0.1) is 24.7 Å². The van der Waals surface area contributed by atoms with Crippen LogP contribution in [0.3, 0.4) is 0 Å². The summed E-state index contributed by atoms with van der Waals surface area (Å²) >= 11 is 0. The van der Waals surface area contributed by atoms with Crippen LogP contribution in [0, 0.1) is 0 Å². The first-order valence-electron chi connectivity index (χ1n) is 8.93. The average molecular weight is 353 g/mol. The molecule has 0 heterocycles. The van der Waals surface area contributed by atoms with E-state index < -0.39 is 5.97 Å². The van der Waals surface area contributed by atoms with Crippen LogP contribution in [0.1, 0.15) is 47.2 Å². The highest BCUT2D eigenvalue weighted by atomic mass is 16.5. The highest BCUT2D eigenvalue weighted by Gasteiger charge is 2.15. The molecule has 0 radical (unpaired) electrons. The van der Waals surface area contributed by atoms with E-state index in [4.69, 9.17) is 9.84 Å². The maximum absolute atomic E-state index is 12.2. The van der Waals surface area contributed by atoms with E-state index in [0.29, 0.717) is 24.0 Å². The molecule has 3 rings (SSSR count). The van der Waals surface area contributed by atoms with Crippen LogP contribution in [-0.2, 0) is 22.6 Å². The van der Waals surface area contributed by atoms with Gasteiger partial charge in [0.2, 0.25) is 5.91 Å². The number of carbonyl (C=O) groups is 2. The van der Waals surface area contributed by atoms with Gasteiger partial charge in [-0.2, -0.15) is 0 Å². The molecule has 2 aromatic carbocycles. The number of ether oxygens (including phenoxy) is 1. The van der Waals surface area contributed by atoms with Gasteiger partial charge < -0.3 is 15.2 Å². The van der Waals surface area contributed by atoms with Crippen molar-refractivity contribution < 1.29 is 19.4 Å². The average Bonchev–Trinajstić information content (AvgIpc) is 3.15. The zero-order valence-corrected chi connectivity index (χ0v) is 14.6. The van der Waals surface area contributed by atoms with Crippen molar-refractivity contribution in [2.45, 2.75) is 44.8 Å². The molecule has 136 valence electrons. The molecule has 1 saturated carbocycles. The molecule has 0 spiro atoms. The first kappa shape index (κ1) is 18.1. The summed E-state index contributed by atoms with van der Waals surface area (Å²) in [5, 5.41) is 11.8. The normalized spacial score (nSPS) is 14.3. The molecule has 1 aliphatic rings. The number of carboxylic acid groups (broad SMARTS) is 1. The molecule has 1 aliphatic carbocycles. The molecule has 2 aromatic rings. The lowest BCUT2D eigenvalue weighted by atomic mass is 10.1. The van der Waals surface area contributed by atoms with Crippen molar-refractivity contribution >= 4 is 17.6 Å². The molecule has 0 saturated heterocycles. The van der Waals surface area contributed by atoms with Gasteiger partial charge in [-0.25, -0.2) is 4.79 Å². The van der Waals surface area contributed by atoms with Gasteiger partial charge in [-0.05, 0) is 48.2 Å². The fraction of sp³-hybridized carbons (Fsp3) is 0.333. The number of carbonyl (C=O) groups excluding carboxylic acids is 1. The Hall–Kier alpha value is -2.66. The second kappa shape index (κ2) is 8.63. The first-order valence-corrected chi connectivity index (χ1v) is 8.93. The number of nitrogens with one attached hydrogen (secondary N) is 1. The third-order valence-electron chi connectivity index (χ3n) is 4.56. The Labute approximate surface area is 153 Å². The fourth-order valence-electron chi connectivity index (χ4n) is 3.16. The number of amides is 1. The van der Waals surface area contributed by atoms with Crippen molar-refractivity contribution in [1.29, 1.82) is 0 Å². The molecule has 0 atom stereocenters. The summed E-state index contributed by atoms with van der Waals surface area (Å²) in [5.41, 5.74) is 2.66. The van der Waals surface area contributed by atoms with Crippen LogP contribution in [0.15, 0.2) is 48.5 Å². The number of hydrogen-bond acceptors (Lipinski definition) is 3. The number of hydrogen-bond donors (Lipinski definition) is 2. The highest BCUT2D eigenvalue weighted by molar-refractivity contribution is 5.93. The summed E-state index contributed by atoms with van der Waals surface area (Å²) < 4.78 is 5.88. The maximum Gasteiger partial charge on any atom is 0.335 e. The minimum absolute atomic E-state index is 0.133. The van der Waals surface area contributed by atoms with Crippen molar-refractivity contribution in [2.24, 2.45) is 0 Å². The lowest BCUT2D eigenvalue weighted by Gasteiger charge is -2.11. The summed E-state index contributed by atoms with van der Waals surface area (Å²) in [6.07, 6.45) is 5.33. The van der Waals surface area contributed by atoms with Crippen LogP contribution >= 0.6 is 0 Å². The van der Waals surface area contributed by atoms with Gasteiger partial charge in [0.15, 0.2) is 0 Å². The van der Waals surface area contributed by atoms with Crippen LogP contribution in [0.4, 0.5) is 5.69 Å². The summed E-state index contributed by atoms with van der Waals surface area (Å²) in [6.45, 7) is 0.598. The molecular formula is C21H23NO4. The van der Waals surface area contributed by atoms with E-state index in [2.05, 4.69) is 5.32 Å². The van der Waals surface area contributed by atoms with Crippen LogP contribution in [-0.4, -0.2) is 23.1 Å². The molecular weight excluding hydrogens is 330 g/mol. The zero-order valence-electron chi connectivity index (χ0n) is 14.6. The fourth-order valence-corrected chi connectivity index (χ4v) is 3.16. The van der Waals surface area contributed by atoms with Gasteiger partial charge in [0.25, 0.3) is 0 Å². The lowest BCUT2D eigenvalue weighted by molar-refractivity contribution is -0.115. The van der Waals surface area contributed by atoms with Crippen molar-refractivity contribution in [1.82, 2.24) is 0 Å². The van der Waals surface area contributed by atoms with E-state index in [1.165, 1.54) is 25.0 Å². The van der Waals surface area contributed by atoms with Gasteiger partial charge in [-0.3, -0.25) is 4.79 Å². The maximum atomic E-state index is 12.2. The van der Waals surface area contributed by atoms with Crippen LogP contribution in [0.5, 0.6) is 0 Å². The monoisotopic (exact) mass is 353 g/mol. The minimum atomic E-state index is -0.998. The molecule has 1 amide bonds. The summed E-state index contributed by atoms with van der Waals surface area (Å²) in [4.78, 5) is 23.2. The summed E-state index contributed by atoms with van der Waals surface area (Å²) in [5.74, 6) is -1.18. The Kier molecular flexibility index (Phi) is 6.02. The Bertz CT molecular complexity index is 764. The Morgan fingerprint density at radius 3 is 2.46 bits per heavy atom. The Morgan fingerprint density at radius 1 is 1.04 bits per heavy atom. The standard InChI is InChI=1S/C21H23NO4/c23-20(13-16-4-3-5-17(12-16)21(24)25)22-18-10-8-15(9-11-18)14-26-19-6-1-2-7-19/h3-5,8-12,19H,1-2,6-7,13-14H2,(H,22,23)(H,24,25). The number of carboxylic acids is 1. The van der Waals surface area contributed by atoms with Gasteiger partial charge in [0, 0.05) is 5.69 Å². The molecule has 5 nitrogen and oxygen atoms in total. The molecule has 1 fully saturated rings. The lowest BCUT2D eigenvalue weighted by Crippen LogP contribution is -2.14. The van der Waals surface area contributed by atoms with E-state index in [1.807, 2.05) is 24.3 Å². The molecule has 5 heteroatoms. The first-order chi connectivity index (χ1) is 12.6. The molecule has 0 aliphatic heterocycles.